The Bertz CT molecular complexity index is 1710. The maximum Gasteiger partial charge on any atom is 0.270 e. The van der Waals surface area contributed by atoms with E-state index < -0.39 is 9.85 Å². The second-order valence-electron chi connectivity index (χ2n) is 7.21. The summed E-state index contributed by atoms with van der Waals surface area (Å²) in [5.74, 6) is 0. The fourth-order valence-electron chi connectivity index (χ4n) is 3.12. The molecule has 3 aromatic carbocycles. The van der Waals surface area contributed by atoms with Crippen LogP contribution >= 0.6 is 23.2 Å². The Balaban J connectivity index is 0.000000127. The number of nitrogens with two attached hydrogens (primary N) is 1. The molecule has 0 aliphatic carbocycles. The molecule has 182 valence electrons. The van der Waals surface area contributed by atoms with Gasteiger partial charge in [0.25, 0.3) is 11.4 Å². The topological polar surface area (TPSA) is 198 Å². The normalized spacial score (nSPS) is 10.5. The number of rotatable bonds is 2. The zero-order valence-corrected chi connectivity index (χ0v) is 19.5. The number of nitrogen functional groups attached to an aromatic ring is 1. The second-order valence-corrected chi connectivity index (χ2v) is 7.96. The summed E-state index contributed by atoms with van der Waals surface area (Å²) >= 11 is 11.5. The third-order valence-electron chi connectivity index (χ3n) is 4.87. The highest BCUT2D eigenvalue weighted by atomic mass is 35.5. The number of aromatic nitrogens is 6. The highest BCUT2D eigenvalue weighted by molar-refractivity contribution is 6.34. The van der Waals surface area contributed by atoms with Crippen LogP contribution in [0.2, 0.25) is 10.3 Å². The van der Waals surface area contributed by atoms with E-state index in [-0.39, 0.29) is 11.4 Å². The summed E-state index contributed by atoms with van der Waals surface area (Å²) in [6, 6.07) is 14.3. The summed E-state index contributed by atoms with van der Waals surface area (Å²) < 4.78 is 0. The molecule has 0 radical (unpaired) electrons. The van der Waals surface area contributed by atoms with Gasteiger partial charge in [-0.3, -0.25) is 35.5 Å². The molecule has 36 heavy (non-hydrogen) atoms. The Kier molecular flexibility index (Phi) is 6.94. The van der Waals surface area contributed by atoms with Crippen LogP contribution in [0.3, 0.4) is 0 Å². The van der Waals surface area contributed by atoms with Crippen molar-refractivity contribution in [3.63, 3.8) is 0 Å². The lowest BCUT2D eigenvalue weighted by atomic mass is 10.2. The first-order valence-electron chi connectivity index (χ1n) is 9.97. The molecule has 0 aliphatic heterocycles. The van der Waals surface area contributed by atoms with E-state index >= 15 is 0 Å². The SMILES string of the molecule is Nc1ccc2n[nH]c(Cl)c2c1.O=[N+]([O-])c1ccc2[nH]ncc2c1.O=[N+]([O-])c1ccc2n[nH]c(Cl)c2c1. The number of benzene rings is 3. The van der Waals surface area contributed by atoms with Gasteiger partial charge >= 0.3 is 0 Å². The number of H-pyrrole nitrogens is 3. The predicted octanol–water partition coefficient (Wildman–Crippen LogP) is 5.39. The molecule has 0 bridgehead atoms. The van der Waals surface area contributed by atoms with Crippen LogP contribution in [0.1, 0.15) is 0 Å². The third-order valence-corrected chi connectivity index (χ3v) is 5.44. The van der Waals surface area contributed by atoms with E-state index in [0.29, 0.717) is 26.9 Å². The standard InChI is InChI=1S/C7H4ClN3O2.C7H6ClN3.C7H5N3O2/c8-7-5-3-4(11(12)13)1-2-6(5)9-10-7;8-7-5-3-4(9)1-2-6(5)10-11-7;11-10(12)6-1-2-7-5(3-6)4-8-9-7/h1-3H,(H,9,10);1-3H,9H2,(H,10,11);1-4H,(H,8,9). The maximum absolute atomic E-state index is 10.4. The molecule has 0 unspecified atom stereocenters. The molecule has 13 nitrogen and oxygen atoms in total. The van der Waals surface area contributed by atoms with Gasteiger partial charge in [0.1, 0.15) is 10.3 Å². The van der Waals surface area contributed by atoms with Crippen molar-refractivity contribution in [2.75, 3.05) is 5.73 Å². The summed E-state index contributed by atoms with van der Waals surface area (Å²) in [5, 5.41) is 43.2. The molecule has 5 N–H and O–H groups in total. The minimum absolute atomic E-state index is 0.0100. The molecule has 6 aromatic rings. The predicted molar refractivity (Wildman–Crippen MR) is 136 cm³/mol. The van der Waals surface area contributed by atoms with Gasteiger partial charge in [-0.05, 0) is 30.3 Å². The van der Waals surface area contributed by atoms with Crippen LogP contribution in [-0.4, -0.2) is 40.4 Å². The van der Waals surface area contributed by atoms with Gasteiger partial charge in [0, 0.05) is 46.1 Å². The van der Waals surface area contributed by atoms with E-state index in [2.05, 4.69) is 30.6 Å². The average molecular weight is 528 g/mol. The number of nitro groups is 2. The number of aromatic amines is 3. The monoisotopic (exact) mass is 527 g/mol. The number of nitrogens with zero attached hydrogens (tertiary/aromatic N) is 5. The van der Waals surface area contributed by atoms with Crippen LogP contribution in [0.15, 0.2) is 60.8 Å². The van der Waals surface area contributed by atoms with Gasteiger partial charge in [-0.15, -0.1) is 0 Å². The molecule has 0 saturated heterocycles. The average Bonchev–Trinajstić information content (AvgIpc) is 3.58. The molecule has 0 saturated carbocycles. The number of nitrogens with one attached hydrogen (secondary N) is 3. The summed E-state index contributed by atoms with van der Waals surface area (Å²) in [7, 11) is 0. The number of halogens is 2. The Morgan fingerprint density at radius 1 is 0.750 bits per heavy atom. The van der Waals surface area contributed by atoms with Crippen molar-refractivity contribution in [2.45, 2.75) is 0 Å². The molecule has 3 aromatic heterocycles. The number of anilines is 1. The summed E-state index contributed by atoms with van der Waals surface area (Å²) in [6.45, 7) is 0. The molecular weight excluding hydrogens is 513 g/mol. The fourth-order valence-corrected chi connectivity index (χ4v) is 3.51. The lowest BCUT2D eigenvalue weighted by molar-refractivity contribution is -0.384. The quantitative estimate of drug-likeness (QED) is 0.130. The van der Waals surface area contributed by atoms with E-state index in [1.807, 2.05) is 6.07 Å². The van der Waals surface area contributed by atoms with E-state index in [0.717, 1.165) is 21.8 Å². The van der Waals surface area contributed by atoms with Crippen molar-refractivity contribution in [1.29, 1.82) is 0 Å². The molecule has 6 rings (SSSR count). The van der Waals surface area contributed by atoms with E-state index in [1.54, 1.807) is 30.5 Å². The highest BCUT2D eigenvalue weighted by Gasteiger charge is 2.10. The molecule has 0 fully saturated rings. The lowest BCUT2D eigenvalue weighted by Crippen LogP contribution is -1.86. The van der Waals surface area contributed by atoms with E-state index in [1.165, 1.54) is 24.3 Å². The lowest BCUT2D eigenvalue weighted by Gasteiger charge is -1.90. The van der Waals surface area contributed by atoms with Crippen molar-refractivity contribution < 1.29 is 9.85 Å². The van der Waals surface area contributed by atoms with Crippen LogP contribution in [0.25, 0.3) is 32.7 Å². The zero-order chi connectivity index (χ0) is 25.8. The van der Waals surface area contributed by atoms with Gasteiger partial charge < -0.3 is 5.73 Å². The second kappa shape index (κ2) is 10.2. The first-order chi connectivity index (χ1) is 17.2. The number of non-ortho nitro benzene ring substituents is 2. The zero-order valence-electron chi connectivity index (χ0n) is 18.0. The molecule has 0 aliphatic rings. The summed E-state index contributed by atoms with van der Waals surface area (Å²) in [4.78, 5) is 19.9. The van der Waals surface area contributed by atoms with Crippen LogP contribution in [-0.2, 0) is 0 Å². The van der Waals surface area contributed by atoms with Crippen LogP contribution in [0.4, 0.5) is 17.1 Å². The molecular formula is C21H15Cl2N9O4. The number of hydrogen-bond acceptors (Lipinski definition) is 8. The van der Waals surface area contributed by atoms with Gasteiger partial charge in [-0.1, -0.05) is 23.2 Å². The van der Waals surface area contributed by atoms with Crippen LogP contribution < -0.4 is 5.73 Å². The van der Waals surface area contributed by atoms with Crippen LogP contribution in [0.5, 0.6) is 0 Å². The molecule has 0 amide bonds. The van der Waals surface area contributed by atoms with Gasteiger partial charge in [0.15, 0.2) is 0 Å². The van der Waals surface area contributed by atoms with Crippen molar-refractivity contribution in [1.82, 2.24) is 30.6 Å². The largest absolute Gasteiger partial charge is 0.399 e. The van der Waals surface area contributed by atoms with Crippen molar-refractivity contribution in [3.05, 3.63) is 91.3 Å². The van der Waals surface area contributed by atoms with E-state index in [4.69, 9.17) is 28.9 Å². The smallest absolute Gasteiger partial charge is 0.270 e. The summed E-state index contributed by atoms with van der Waals surface area (Å²) in [5.41, 5.74) is 8.61. The van der Waals surface area contributed by atoms with Crippen LogP contribution in [0, 0.1) is 20.2 Å². The van der Waals surface area contributed by atoms with Gasteiger partial charge in [0.2, 0.25) is 0 Å². The highest BCUT2D eigenvalue weighted by Crippen LogP contribution is 2.25. The Hall–Kier alpha value is -4.75. The first kappa shape index (κ1) is 24.4. The third kappa shape index (κ3) is 5.32. The Labute approximate surface area is 210 Å². The van der Waals surface area contributed by atoms with Gasteiger partial charge in [0.05, 0.1) is 32.6 Å². The Morgan fingerprint density at radius 3 is 1.94 bits per heavy atom. The molecule has 3 heterocycles. The molecule has 15 heteroatoms. The van der Waals surface area contributed by atoms with Crippen molar-refractivity contribution >= 4 is 73.0 Å². The minimum Gasteiger partial charge on any atom is -0.399 e. The van der Waals surface area contributed by atoms with Crippen molar-refractivity contribution in [3.8, 4) is 0 Å². The number of nitro benzene ring substituents is 2. The van der Waals surface area contributed by atoms with Gasteiger partial charge in [-0.2, -0.15) is 15.3 Å². The van der Waals surface area contributed by atoms with E-state index in [9.17, 15) is 20.2 Å². The Morgan fingerprint density at radius 2 is 1.31 bits per heavy atom. The minimum atomic E-state index is -0.469. The number of hydrogen-bond donors (Lipinski definition) is 4. The number of fused-ring (bicyclic) bond motifs is 3. The van der Waals surface area contributed by atoms with Crippen molar-refractivity contribution in [2.24, 2.45) is 0 Å². The van der Waals surface area contributed by atoms with Gasteiger partial charge in [-0.25, -0.2) is 0 Å². The fraction of sp³-hybridized carbons (Fsp3) is 0. The molecule has 0 atom stereocenters. The molecule has 0 spiro atoms. The summed E-state index contributed by atoms with van der Waals surface area (Å²) in [6.07, 6.45) is 1.56. The maximum atomic E-state index is 10.4. The first-order valence-corrected chi connectivity index (χ1v) is 10.7.